The second-order valence-electron chi connectivity index (χ2n) is 6.32. The van der Waals surface area contributed by atoms with Gasteiger partial charge in [-0.2, -0.15) is 5.10 Å². The fraction of sp³-hybridized carbons (Fsp3) is 0.211. The van der Waals surface area contributed by atoms with Gasteiger partial charge in [0.25, 0.3) is 5.91 Å². The van der Waals surface area contributed by atoms with E-state index in [-0.39, 0.29) is 17.7 Å². The van der Waals surface area contributed by atoms with Crippen molar-refractivity contribution in [3.05, 3.63) is 54.2 Å². The summed E-state index contributed by atoms with van der Waals surface area (Å²) in [4.78, 5) is 25.6. The number of aromatic hydroxyl groups is 1. The minimum Gasteiger partial charge on any atom is -0.508 e. The van der Waals surface area contributed by atoms with E-state index in [0.717, 1.165) is 16.6 Å². The highest BCUT2D eigenvalue weighted by Gasteiger charge is 2.18. The predicted molar refractivity (Wildman–Crippen MR) is 100 cm³/mol. The Morgan fingerprint density at radius 3 is 2.96 bits per heavy atom. The van der Waals surface area contributed by atoms with Crippen LogP contribution in [0.5, 0.6) is 5.75 Å². The summed E-state index contributed by atoms with van der Waals surface area (Å²) < 4.78 is 1.72. The van der Waals surface area contributed by atoms with Gasteiger partial charge >= 0.3 is 6.03 Å². The molecule has 1 aliphatic rings. The number of amides is 3. The highest BCUT2D eigenvalue weighted by molar-refractivity contribution is 5.95. The van der Waals surface area contributed by atoms with Crippen LogP contribution in [0.1, 0.15) is 10.4 Å². The quantitative estimate of drug-likeness (QED) is 0.638. The number of urea groups is 1. The summed E-state index contributed by atoms with van der Waals surface area (Å²) >= 11 is 0. The highest BCUT2D eigenvalue weighted by atomic mass is 16.3. The molecule has 0 aliphatic carbocycles. The number of phenolic OH excluding ortho intramolecular Hbond substituents is 1. The minimum atomic E-state index is -0.203. The smallest absolute Gasteiger partial charge is 0.317 e. The second kappa shape index (κ2) is 6.99. The van der Waals surface area contributed by atoms with Crippen LogP contribution < -0.4 is 10.6 Å². The number of nitrogens with one attached hydrogen (secondary N) is 2. The Morgan fingerprint density at radius 1 is 1.26 bits per heavy atom. The SMILES string of the molecule is O=C(NCCN1CCNC1=O)c1cccc(-n2ncc3cc(O)ccc32)c1. The molecule has 4 rings (SSSR count). The number of nitrogens with zero attached hydrogens (tertiary/aromatic N) is 3. The van der Waals surface area contributed by atoms with Crippen molar-refractivity contribution in [3.8, 4) is 11.4 Å². The van der Waals surface area contributed by atoms with Crippen molar-refractivity contribution in [2.24, 2.45) is 0 Å². The van der Waals surface area contributed by atoms with Crippen LogP contribution in [0.3, 0.4) is 0 Å². The van der Waals surface area contributed by atoms with Gasteiger partial charge in [0, 0.05) is 37.1 Å². The molecule has 0 bridgehead atoms. The van der Waals surface area contributed by atoms with Crippen LogP contribution in [0.25, 0.3) is 16.6 Å². The van der Waals surface area contributed by atoms with Gasteiger partial charge in [0.05, 0.1) is 17.4 Å². The third-order valence-electron chi connectivity index (χ3n) is 4.52. The first-order valence-electron chi connectivity index (χ1n) is 8.70. The number of rotatable bonds is 5. The van der Waals surface area contributed by atoms with Gasteiger partial charge in [-0.15, -0.1) is 0 Å². The van der Waals surface area contributed by atoms with Crippen molar-refractivity contribution in [2.45, 2.75) is 0 Å². The minimum absolute atomic E-state index is 0.0946. The first kappa shape index (κ1) is 16.9. The van der Waals surface area contributed by atoms with Gasteiger partial charge in [0.15, 0.2) is 0 Å². The van der Waals surface area contributed by atoms with Crippen LogP contribution in [0.15, 0.2) is 48.7 Å². The first-order chi connectivity index (χ1) is 13.1. The van der Waals surface area contributed by atoms with Gasteiger partial charge in [-0.1, -0.05) is 6.07 Å². The Kier molecular flexibility index (Phi) is 4.37. The van der Waals surface area contributed by atoms with Crippen molar-refractivity contribution in [3.63, 3.8) is 0 Å². The Hall–Kier alpha value is -3.55. The molecule has 1 fully saturated rings. The van der Waals surface area contributed by atoms with E-state index in [2.05, 4.69) is 15.7 Å². The molecule has 8 heteroatoms. The van der Waals surface area contributed by atoms with E-state index in [0.29, 0.717) is 31.7 Å². The van der Waals surface area contributed by atoms with E-state index in [1.165, 1.54) is 0 Å². The fourth-order valence-electron chi connectivity index (χ4n) is 3.14. The number of carbonyl (C=O) groups is 2. The Balaban J connectivity index is 1.48. The molecular formula is C19H19N5O3. The number of fused-ring (bicyclic) bond motifs is 1. The molecule has 3 aromatic rings. The molecule has 0 atom stereocenters. The van der Waals surface area contributed by atoms with Gasteiger partial charge in [-0.25, -0.2) is 9.48 Å². The van der Waals surface area contributed by atoms with E-state index in [9.17, 15) is 14.7 Å². The third-order valence-corrected chi connectivity index (χ3v) is 4.52. The molecule has 0 radical (unpaired) electrons. The van der Waals surface area contributed by atoms with Crippen LogP contribution in [-0.4, -0.2) is 57.9 Å². The molecule has 2 aromatic carbocycles. The van der Waals surface area contributed by atoms with E-state index >= 15 is 0 Å². The average molecular weight is 365 g/mol. The van der Waals surface area contributed by atoms with Crippen LogP contribution in [-0.2, 0) is 0 Å². The Morgan fingerprint density at radius 2 is 2.15 bits per heavy atom. The summed E-state index contributed by atoms with van der Waals surface area (Å²) in [5, 5.41) is 20.3. The summed E-state index contributed by atoms with van der Waals surface area (Å²) in [6, 6.07) is 12.1. The lowest BCUT2D eigenvalue weighted by atomic mass is 10.2. The summed E-state index contributed by atoms with van der Waals surface area (Å²) in [7, 11) is 0. The molecule has 0 unspecified atom stereocenters. The zero-order chi connectivity index (χ0) is 18.8. The molecule has 3 amide bonds. The lowest BCUT2D eigenvalue weighted by molar-refractivity contribution is 0.0950. The zero-order valence-corrected chi connectivity index (χ0v) is 14.6. The summed E-state index contributed by atoms with van der Waals surface area (Å²) in [6.45, 7) is 2.17. The fourth-order valence-corrected chi connectivity index (χ4v) is 3.14. The Bertz CT molecular complexity index is 1010. The molecule has 2 heterocycles. The number of phenols is 1. The molecule has 3 N–H and O–H groups in total. The van der Waals surface area contributed by atoms with Gasteiger partial charge < -0.3 is 20.6 Å². The molecule has 1 aliphatic heterocycles. The topological polar surface area (TPSA) is 99.5 Å². The molecule has 27 heavy (non-hydrogen) atoms. The maximum absolute atomic E-state index is 12.4. The number of benzene rings is 2. The maximum Gasteiger partial charge on any atom is 0.317 e. The summed E-state index contributed by atoms with van der Waals surface area (Å²) in [6.07, 6.45) is 1.67. The molecule has 1 saturated heterocycles. The lowest BCUT2D eigenvalue weighted by Gasteiger charge is -2.14. The molecule has 0 saturated carbocycles. The van der Waals surface area contributed by atoms with Crippen molar-refractivity contribution in [1.82, 2.24) is 25.3 Å². The molecular weight excluding hydrogens is 346 g/mol. The van der Waals surface area contributed by atoms with Crippen molar-refractivity contribution >= 4 is 22.8 Å². The first-order valence-corrected chi connectivity index (χ1v) is 8.70. The van der Waals surface area contributed by atoms with E-state index in [4.69, 9.17) is 0 Å². The van der Waals surface area contributed by atoms with E-state index in [1.807, 2.05) is 6.07 Å². The van der Waals surface area contributed by atoms with E-state index in [1.54, 1.807) is 52.2 Å². The van der Waals surface area contributed by atoms with Gasteiger partial charge in [-0.05, 0) is 36.4 Å². The van der Waals surface area contributed by atoms with Crippen molar-refractivity contribution in [1.29, 1.82) is 0 Å². The standard InChI is InChI=1S/C19H19N5O3/c25-16-4-5-17-14(11-16)12-22-24(17)15-3-1-2-13(10-15)18(26)20-6-8-23-9-7-21-19(23)27/h1-5,10-12,25H,6-9H2,(H,20,26)(H,21,27). The normalized spacial score (nSPS) is 13.8. The molecule has 8 nitrogen and oxygen atoms in total. The molecule has 1 aromatic heterocycles. The number of aromatic nitrogens is 2. The largest absolute Gasteiger partial charge is 0.508 e. The lowest BCUT2D eigenvalue weighted by Crippen LogP contribution is -2.36. The van der Waals surface area contributed by atoms with Gasteiger partial charge in [0.1, 0.15) is 5.75 Å². The summed E-state index contributed by atoms with van der Waals surface area (Å²) in [5.74, 6) is -0.0209. The predicted octanol–water partition coefficient (Wildman–Crippen LogP) is 1.49. The van der Waals surface area contributed by atoms with Crippen LogP contribution >= 0.6 is 0 Å². The zero-order valence-electron chi connectivity index (χ0n) is 14.6. The average Bonchev–Trinajstić information content (AvgIpc) is 3.27. The van der Waals surface area contributed by atoms with Crippen LogP contribution in [0, 0.1) is 0 Å². The van der Waals surface area contributed by atoms with Crippen molar-refractivity contribution in [2.75, 3.05) is 26.2 Å². The van der Waals surface area contributed by atoms with Gasteiger partial charge in [0.2, 0.25) is 0 Å². The van der Waals surface area contributed by atoms with Crippen molar-refractivity contribution < 1.29 is 14.7 Å². The molecule has 138 valence electrons. The third kappa shape index (κ3) is 3.41. The Labute approximate surface area is 155 Å². The maximum atomic E-state index is 12.4. The molecule has 0 spiro atoms. The number of hydrogen-bond donors (Lipinski definition) is 3. The number of hydrogen-bond acceptors (Lipinski definition) is 4. The summed E-state index contributed by atoms with van der Waals surface area (Å²) in [5.41, 5.74) is 2.11. The second-order valence-corrected chi connectivity index (χ2v) is 6.32. The van der Waals surface area contributed by atoms with Gasteiger partial charge in [-0.3, -0.25) is 4.79 Å². The highest BCUT2D eigenvalue weighted by Crippen LogP contribution is 2.22. The monoisotopic (exact) mass is 365 g/mol. The van der Waals surface area contributed by atoms with E-state index < -0.39 is 0 Å². The van der Waals surface area contributed by atoms with Crippen LogP contribution in [0.2, 0.25) is 0 Å². The number of carbonyl (C=O) groups excluding carboxylic acids is 2. The van der Waals surface area contributed by atoms with Crippen LogP contribution in [0.4, 0.5) is 4.79 Å².